The fraction of sp³-hybridized carbons (Fsp3) is 0.125. The van der Waals surface area contributed by atoms with Crippen molar-refractivity contribution in [2.75, 3.05) is 0 Å². The molecule has 0 spiro atoms. The lowest BCUT2D eigenvalue weighted by Crippen LogP contribution is -1.95. The van der Waals surface area contributed by atoms with E-state index in [4.69, 9.17) is 11.6 Å². The van der Waals surface area contributed by atoms with Gasteiger partial charge in [-0.1, -0.05) is 41.9 Å². The molecule has 5 rings (SSSR count). The molecular formula is C24H18ClNO. The third-order valence-electron chi connectivity index (χ3n) is 5.44. The Balaban J connectivity index is 1.64. The molecule has 0 radical (unpaired) electrons. The van der Waals surface area contributed by atoms with Gasteiger partial charge in [-0.05, 0) is 54.5 Å². The summed E-state index contributed by atoms with van der Waals surface area (Å²) >= 11 is 6.06. The van der Waals surface area contributed by atoms with E-state index in [0.29, 0.717) is 11.4 Å². The molecule has 0 N–H and O–H groups in total. The third kappa shape index (κ3) is 2.52. The van der Waals surface area contributed by atoms with Crippen LogP contribution in [0, 0.1) is 0 Å². The zero-order valence-corrected chi connectivity index (χ0v) is 15.8. The van der Waals surface area contributed by atoms with Gasteiger partial charge in [0.15, 0.2) is 5.78 Å². The normalized spacial score (nSPS) is 15.2. The van der Waals surface area contributed by atoms with Crippen molar-refractivity contribution in [1.82, 2.24) is 4.57 Å². The van der Waals surface area contributed by atoms with Crippen molar-refractivity contribution in [2.45, 2.75) is 19.9 Å². The summed E-state index contributed by atoms with van der Waals surface area (Å²) in [6.45, 7) is 3.10. The Morgan fingerprint density at radius 3 is 2.67 bits per heavy atom. The number of hydrogen-bond donors (Lipinski definition) is 0. The predicted octanol–water partition coefficient (Wildman–Crippen LogP) is 6.29. The molecule has 1 aliphatic carbocycles. The Morgan fingerprint density at radius 2 is 1.81 bits per heavy atom. The Labute approximate surface area is 162 Å². The second-order valence-electron chi connectivity index (χ2n) is 7.01. The van der Waals surface area contributed by atoms with Gasteiger partial charge in [0.05, 0.1) is 0 Å². The number of hydrogen-bond acceptors (Lipinski definition) is 1. The van der Waals surface area contributed by atoms with Crippen LogP contribution in [0.2, 0.25) is 5.02 Å². The van der Waals surface area contributed by atoms with E-state index in [0.717, 1.165) is 28.8 Å². The van der Waals surface area contributed by atoms with Gasteiger partial charge < -0.3 is 4.57 Å². The summed E-state index contributed by atoms with van der Waals surface area (Å²) in [5.74, 6) is 0.0867. The molecule has 0 fully saturated rings. The molecule has 0 atom stereocenters. The molecule has 2 nitrogen and oxygen atoms in total. The largest absolute Gasteiger partial charge is 0.341 e. The summed E-state index contributed by atoms with van der Waals surface area (Å²) in [5, 5.41) is 3.09. The number of carbonyl (C=O) groups is 1. The van der Waals surface area contributed by atoms with E-state index in [-0.39, 0.29) is 5.78 Å². The standard InChI is InChI=1S/C24H18ClNO/c1-2-26-22-6-4-3-5-19(22)21-12-15(7-10-23(21)26)11-17-13-16-8-9-18(25)14-20(16)24(17)27/h3-12,14H,2,13H2,1H3. The molecule has 27 heavy (non-hydrogen) atoms. The van der Waals surface area contributed by atoms with E-state index >= 15 is 0 Å². The van der Waals surface area contributed by atoms with Gasteiger partial charge in [0.25, 0.3) is 0 Å². The van der Waals surface area contributed by atoms with Gasteiger partial charge in [-0.2, -0.15) is 0 Å². The number of para-hydroxylation sites is 1. The summed E-state index contributed by atoms with van der Waals surface area (Å²) in [6.07, 6.45) is 2.69. The number of aromatic nitrogens is 1. The summed E-state index contributed by atoms with van der Waals surface area (Å²) in [4.78, 5) is 12.7. The van der Waals surface area contributed by atoms with Crippen LogP contribution in [-0.4, -0.2) is 10.4 Å². The highest BCUT2D eigenvalue weighted by atomic mass is 35.5. The second kappa shape index (κ2) is 6.11. The number of allylic oxidation sites excluding steroid dienone is 1. The fourth-order valence-electron chi connectivity index (χ4n) is 4.19. The minimum Gasteiger partial charge on any atom is -0.341 e. The van der Waals surface area contributed by atoms with Gasteiger partial charge in [-0.15, -0.1) is 0 Å². The smallest absolute Gasteiger partial charge is 0.189 e. The molecule has 3 heteroatoms. The van der Waals surface area contributed by atoms with Crippen LogP contribution in [0.15, 0.2) is 66.2 Å². The lowest BCUT2D eigenvalue weighted by atomic mass is 10.0. The Bertz CT molecular complexity index is 1260. The SMILES string of the molecule is CCn1c2ccccc2c2cc(C=C3Cc4ccc(Cl)cc4C3=O)ccc21. The molecule has 4 aromatic rings. The highest BCUT2D eigenvalue weighted by Crippen LogP contribution is 2.33. The first-order valence-electron chi connectivity index (χ1n) is 9.20. The quantitative estimate of drug-likeness (QED) is 0.379. The molecule has 0 saturated heterocycles. The van der Waals surface area contributed by atoms with E-state index in [1.165, 1.54) is 21.8 Å². The van der Waals surface area contributed by atoms with Gasteiger partial charge in [0, 0.05) is 50.9 Å². The van der Waals surface area contributed by atoms with Gasteiger partial charge in [0.2, 0.25) is 0 Å². The Morgan fingerprint density at radius 1 is 1.00 bits per heavy atom. The Hall–Kier alpha value is -2.84. The first-order chi connectivity index (χ1) is 13.2. The van der Waals surface area contributed by atoms with Gasteiger partial charge in [-0.3, -0.25) is 4.79 Å². The molecule has 0 bridgehead atoms. The molecular weight excluding hydrogens is 354 g/mol. The van der Waals surface area contributed by atoms with Crippen LogP contribution in [0.5, 0.6) is 0 Å². The number of Topliss-reactive ketones (excluding diaryl/α,β-unsaturated/α-hetero) is 1. The first-order valence-corrected chi connectivity index (χ1v) is 9.58. The highest BCUT2D eigenvalue weighted by molar-refractivity contribution is 6.31. The minimum absolute atomic E-state index is 0.0867. The Kier molecular flexibility index (Phi) is 3.70. The zero-order valence-electron chi connectivity index (χ0n) is 15.0. The molecule has 1 aliphatic rings. The van der Waals surface area contributed by atoms with Crippen molar-refractivity contribution in [3.8, 4) is 0 Å². The maximum absolute atomic E-state index is 12.7. The van der Waals surface area contributed by atoms with Gasteiger partial charge in [-0.25, -0.2) is 0 Å². The van der Waals surface area contributed by atoms with Crippen LogP contribution in [0.25, 0.3) is 27.9 Å². The van der Waals surface area contributed by atoms with Crippen molar-refractivity contribution >= 4 is 45.3 Å². The van der Waals surface area contributed by atoms with Crippen molar-refractivity contribution < 1.29 is 4.79 Å². The fourth-order valence-corrected chi connectivity index (χ4v) is 4.36. The highest BCUT2D eigenvalue weighted by Gasteiger charge is 2.24. The van der Waals surface area contributed by atoms with Gasteiger partial charge >= 0.3 is 0 Å². The van der Waals surface area contributed by atoms with Crippen LogP contribution in [0.1, 0.15) is 28.4 Å². The third-order valence-corrected chi connectivity index (χ3v) is 5.68. The summed E-state index contributed by atoms with van der Waals surface area (Å²) in [6, 6.07) is 20.5. The lowest BCUT2D eigenvalue weighted by molar-refractivity contribution is 0.104. The summed E-state index contributed by atoms with van der Waals surface area (Å²) in [5.41, 5.74) is 6.15. The van der Waals surface area contributed by atoms with E-state index in [2.05, 4.69) is 54.0 Å². The monoisotopic (exact) mass is 371 g/mol. The number of fused-ring (bicyclic) bond motifs is 4. The molecule has 1 heterocycles. The number of rotatable bonds is 2. The van der Waals surface area contributed by atoms with E-state index < -0.39 is 0 Å². The number of aryl methyl sites for hydroxylation is 1. The molecule has 1 aromatic heterocycles. The van der Waals surface area contributed by atoms with Gasteiger partial charge in [0.1, 0.15) is 0 Å². The van der Waals surface area contributed by atoms with Crippen LogP contribution in [0.3, 0.4) is 0 Å². The molecule has 3 aromatic carbocycles. The summed E-state index contributed by atoms with van der Waals surface area (Å²) < 4.78 is 2.33. The molecule has 132 valence electrons. The number of nitrogens with zero attached hydrogens (tertiary/aromatic N) is 1. The number of benzene rings is 3. The van der Waals surface area contributed by atoms with Crippen molar-refractivity contribution in [3.05, 3.63) is 87.9 Å². The van der Waals surface area contributed by atoms with Crippen LogP contribution >= 0.6 is 11.6 Å². The lowest BCUT2D eigenvalue weighted by Gasteiger charge is -2.03. The van der Waals surface area contributed by atoms with Crippen LogP contribution < -0.4 is 0 Å². The maximum atomic E-state index is 12.7. The average molecular weight is 372 g/mol. The molecule has 0 unspecified atom stereocenters. The summed E-state index contributed by atoms with van der Waals surface area (Å²) in [7, 11) is 0. The molecule has 0 amide bonds. The topological polar surface area (TPSA) is 22.0 Å². The van der Waals surface area contributed by atoms with E-state index in [1.54, 1.807) is 6.07 Å². The first kappa shape index (κ1) is 16.3. The second-order valence-corrected chi connectivity index (χ2v) is 7.45. The van der Waals surface area contributed by atoms with Crippen molar-refractivity contribution in [3.63, 3.8) is 0 Å². The predicted molar refractivity (Wildman–Crippen MR) is 113 cm³/mol. The zero-order chi connectivity index (χ0) is 18.5. The van der Waals surface area contributed by atoms with Crippen LogP contribution in [-0.2, 0) is 13.0 Å². The van der Waals surface area contributed by atoms with Crippen molar-refractivity contribution in [1.29, 1.82) is 0 Å². The number of ketones is 1. The minimum atomic E-state index is 0.0867. The average Bonchev–Trinajstić information content (AvgIpc) is 3.16. The van der Waals surface area contributed by atoms with Crippen molar-refractivity contribution in [2.24, 2.45) is 0 Å². The van der Waals surface area contributed by atoms with E-state index in [1.807, 2.05) is 18.2 Å². The number of carbonyl (C=O) groups excluding carboxylic acids is 1. The maximum Gasteiger partial charge on any atom is 0.189 e. The molecule has 0 saturated carbocycles. The van der Waals surface area contributed by atoms with E-state index in [9.17, 15) is 4.79 Å². The van der Waals surface area contributed by atoms with Crippen LogP contribution in [0.4, 0.5) is 0 Å². The number of halogens is 1. The molecule has 0 aliphatic heterocycles.